The number of nitrogens with zero attached hydrogens (tertiary/aromatic N) is 1. The Labute approximate surface area is 119 Å². The van der Waals surface area contributed by atoms with E-state index in [1.165, 1.54) is 13.2 Å². The van der Waals surface area contributed by atoms with Gasteiger partial charge in [0, 0.05) is 37.8 Å². The second-order valence-electron chi connectivity index (χ2n) is 4.35. The van der Waals surface area contributed by atoms with Gasteiger partial charge in [-0.3, -0.25) is 4.90 Å². The van der Waals surface area contributed by atoms with Gasteiger partial charge in [0.15, 0.2) is 0 Å². The highest BCUT2D eigenvalue weighted by Crippen LogP contribution is 2.27. The molecule has 1 saturated heterocycles. The summed E-state index contributed by atoms with van der Waals surface area (Å²) < 4.78 is 19.1. The van der Waals surface area contributed by atoms with Crippen LogP contribution in [0.5, 0.6) is 5.75 Å². The Morgan fingerprint density at radius 1 is 1.42 bits per heavy atom. The van der Waals surface area contributed by atoms with Crippen molar-refractivity contribution < 1.29 is 9.13 Å². The lowest BCUT2D eigenvalue weighted by Gasteiger charge is -2.33. The minimum Gasteiger partial charge on any atom is -0.497 e. The number of piperazine rings is 1. The standard InChI is InChI=1S/C14H19FN2O.ClH/c1-3-14(17-8-6-16-7-9-17)12-5-4-11(18-2)10-13(12)15;/h3-5,10,14,16H,1,6-9H2,2H3;1H/t14-;/m0./s1. The van der Waals surface area contributed by atoms with Crippen molar-refractivity contribution in [1.29, 1.82) is 0 Å². The van der Waals surface area contributed by atoms with Crippen LogP contribution in [0.1, 0.15) is 11.6 Å². The predicted molar refractivity (Wildman–Crippen MR) is 77.6 cm³/mol. The predicted octanol–water partition coefficient (Wildman–Crippen LogP) is 2.39. The Hall–Kier alpha value is -1.10. The molecule has 0 amide bonds. The van der Waals surface area contributed by atoms with Gasteiger partial charge in [0.05, 0.1) is 13.2 Å². The van der Waals surface area contributed by atoms with E-state index in [1.54, 1.807) is 18.2 Å². The minimum absolute atomic E-state index is 0. The van der Waals surface area contributed by atoms with Gasteiger partial charge in [0.1, 0.15) is 11.6 Å². The minimum atomic E-state index is -0.238. The molecular formula is C14H20ClFN2O. The van der Waals surface area contributed by atoms with E-state index >= 15 is 0 Å². The first-order valence-corrected chi connectivity index (χ1v) is 6.17. The monoisotopic (exact) mass is 286 g/mol. The zero-order valence-electron chi connectivity index (χ0n) is 11.1. The Morgan fingerprint density at radius 3 is 2.63 bits per heavy atom. The maximum absolute atomic E-state index is 14.1. The van der Waals surface area contributed by atoms with Gasteiger partial charge in [0.2, 0.25) is 0 Å². The summed E-state index contributed by atoms with van der Waals surface area (Å²) in [7, 11) is 1.54. The van der Waals surface area contributed by atoms with Crippen molar-refractivity contribution >= 4 is 12.4 Å². The van der Waals surface area contributed by atoms with Gasteiger partial charge in [0.25, 0.3) is 0 Å². The van der Waals surface area contributed by atoms with Gasteiger partial charge >= 0.3 is 0 Å². The molecular weight excluding hydrogens is 267 g/mol. The third kappa shape index (κ3) is 3.69. The lowest BCUT2D eigenvalue weighted by atomic mass is 10.0. The van der Waals surface area contributed by atoms with Crippen molar-refractivity contribution in [2.75, 3.05) is 33.3 Å². The summed E-state index contributed by atoms with van der Waals surface area (Å²) in [5, 5.41) is 3.29. The Kier molecular flexibility index (Phi) is 6.28. The Bertz CT molecular complexity index is 422. The van der Waals surface area contributed by atoms with Gasteiger partial charge in [-0.05, 0) is 6.07 Å². The Morgan fingerprint density at radius 2 is 2.11 bits per heavy atom. The number of nitrogens with one attached hydrogen (secondary N) is 1. The zero-order valence-corrected chi connectivity index (χ0v) is 11.9. The number of rotatable bonds is 4. The highest BCUT2D eigenvalue weighted by atomic mass is 35.5. The zero-order chi connectivity index (χ0) is 13.0. The van der Waals surface area contributed by atoms with E-state index in [0.29, 0.717) is 11.3 Å². The van der Waals surface area contributed by atoms with Crippen molar-refractivity contribution in [3.8, 4) is 5.75 Å². The summed E-state index contributed by atoms with van der Waals surface area (Å²) in [6.07, 6.45) is 1.80. The van der Waals surface area contributed by atoms with Crippen LogP contribution in [0.2, 0.25) is 0 Å². The summed E-state index contributed by atoms with van der Waals surface area (Å²) in [6.45, 7) is 7.51. The third-order valence-electron chi connectivity index (χ3n) is 3.29. The average molecular weight is 287 g/mol. The molecule has 0 radical (unpaired) electrons. The Balaban J connectivity index is 0.00000180. The van der Waals surface area contributed by atoms with Crippen LogP contribution in [0.4, 0.5) is 4.39 Å². The second-order valence-corrected chi connectivity index (χ2v) is 4.35. The van der Waals surface area contributed by atoms with Gasteiger partial charge in [-0.25, -0.2) is 4.39 Å². The van der Waals surface area contributed by atoms with Crippen LogP contribution < -0.4 is 10.1 Å². The molecule has 0 aliphatic carbocycles. The molecule has 2 rings (SSSR count). The van der Waals surface area contributed by atoms with Gasteiger partial charge in [-0.1, -0.05) is 12.1 Å². The fourth-order valence-corrected chi connectivity index (χ4v) is 2.31. The van der Waals surface area contributed by atoms with E-state index in [2.05, 4.69) is 16.8 Å². The largest absolute Gasteiger partial charge is 0.497 e. The van der Waals surface area contributed by atoms with Crippen molar-refractivity contribution in [2.24, 2.45) is 0 Å². The number of methoxy groups -OCH3 is 1. The first kappa shape index (κ1) is 16.0. The highest BCUT2D eigenvalue weighted by molar-refractivity contribution is 5.85. The summed E-state index contributed by atoms with van der Waals surface area (Å²) >= 11 is 0. The van der Waals surface area contributed by atoms with Gasteiger partial charge < -0.3 is 10.1 Å². The van der Waals surface area contributed by atoms with E-state index in [0.717, 1.165) is 26.2 Å². The van der Waals surface area contributed by atoms with E-state index in [-0.39, 0.29) is 24.3 Å². The molecule has 1 aromatic carbocycles. The summed E-state index contributed by atoms with van der Waals surface area (Å²) in [6, 6.07) is 4.92. The van der Waals surface area contributed by atoms with Crippen LogP contribution in [0.15, 0.2) is 30.9 Å². The molecule has 0 bridgehead atoms. The SMILES string of the molecule is C=C[C@@H](c1ccc(OC)cc1F)N1CCNCC1.Cl. The molecule has 19 heavy (non-hydrogen) atoms. The maximum atomic E-state index is 14.1. The van der Waals surface area contributed by atoms with Crippen LogP contribution in [-0.2, 0) is 0 Å². The fourth-order valence-electron chi connectivity index (χ4n) is 2.31. The second kappa shape index (κ2) is 7.48. The number of hydrogen-bond donors (Lipinski definition) is 1. The van der Waals surface area contributed by atoms with Crippen molar-refractivity contribution in [3.63, 3.8) is 0 Å². The lowest BCUT2D eigenvalue weighted by Crippen LogP contribution is -2.44. The molecule has 0 unspecified atom stereocenters. The molecule has 1 aliphatic heterocycles. The van der Waals surface area contributed by atoms with Crippen LogP contribution >= 0.6 is 12.4 Å². The van der Waals surface area contributed by atoms with E-state index in [9.17, 15) is 4.39 Å². The van der Waals surface area contributed by atoms with E-state index < -0.39 is 0 Å². The van der Waals surface area contributed by atoms with Crippen molar-refractivity contribution in [1.82, 2.24) is 10.2 Å². The van der Waals surface area contributed by atoms with Crippen LogP contribution in [0, 0.1) is 5.82 Å². The summed E-state index contributed by atoms with van der Waals surface area (Å²) in [5.41, 5.74) is 0.660. The number of halogens is 2. The third-order valence-corrected chi connectivity index (χ3v) is 3.29. The molecule has 3 nitrogen and oxygen atoms in total. The maximum Gasteiger partial charge on any atom is 0.131 e. The fraction of sp³-hybridized carbons (Fsp3) is 0.429. The van der Waals surface area contributed by atoms with E-state index in [4.69, 9.17) is 4.74 Å². The van der Waals surface area contributed by atoms with E-state index in [1.807, 2.05) is 0 Å². The molecule has 0 spiro atoms. The van der Waals surface area contributed by atoms with Crippen LogP contribution in [0.3, 0.4) is 0 Å². The molecule has 106 valence electrons. The number of benzene rings is 1. The first-order chi connectivity index (χ1) is 8.76. The highest BCUT2D eigenvalue weighted by Gasteiger charge is 2.22. The van der Waals surface area contributed by atoms with Crippen molar-refractivity contribution in [3.05, 3.63) is 42.2 Å². The lowest BCUT2D eigenvalue weighted by molar-refractivity contribution is 0.200. The topological polar surface area (TPSA) is 24.5 Å². The molecule has 1 N–H and O–H groups in total. The number of ether oxygens (including phenoxy) is 1. The molecule has 1 fully saturated rings. The summed E-state index contributed by atoms with van der Waals surface area (Å²) in [5.74, 6) is 0.303. The van der Waals surface area contributed by atoms with Crippen LogP contribution in [0.25, 0.3) is 0 Å². The van der Waals surface area contributed by atoms with Crippen LogP contribution in [-0.4, -0.2) is 38.2 Å². The molecule has 1 atom stereocenters. The summed E-state index contributed by atoms with van der Waals surface area (Å²) in [4.78, 5) is 2.23. The molecule has 1 heterocycles. The molecule has 0 saturated carbocycles. The first-order valence-electron chi connectivity index (χ1n) is 6.17. The number of hydrogen-bond acceptors (Lipinski definition) is 3. The van der Waals surface area contributed by atoms with Gasteiger partial charge in [-0.2, -0.15) is 0 Å². The normalized spacial score (nSPS) is 17.4. The quantitative estimate of drug-likeness (QED) is 0.860. The molecule has 1 aromatic rings. The molecule has 5 heteroatoms. The molecule has 0 aromatic heterocycles. The van der Waals surface area contributed by atoms with Crippen molar-refractivity contribution in [2.45, 2.75) is 6.04 Å². The molecule has 1 aliphatic rings. The van der Waals surface area contributed by atoms with Gasteiger partial charge in [-0.15, -0.1) is 19.0 Å². The average Bonchev–Trinajstić information content (AvgIpc) is 2.42. The smallest absolute Gasteiger partial charge is 0.131 e.